The molecule has 0 aromatic heterocycles. The molecule has 0 amide bonds. The van der Waals surface area contributed by atoms with Gasteiger partial charge >= 0.3 is 0 Å². The Morgan fingerprint density at radius 2 is 0.897 bits per heavy atom. The van der Waals surface area contributed by atoms with Crippen molar-refractivity contribution >= 4 is 0 Å². The van der Waals surface area contributed by atoms with Crippen LogP contribution in [0.2, 0.25) is 0 Å². The molecule has 4 rings (SSSR count). The molecule has 0 nitrogen and oxygen atoms in total. The van der Waals surface area contributed by atoms with Gasteiger partial charge in [-0.15, -0.1) is 0 Å². The van der Waals surface area contributed by atoms with Gasteiger partial charge < -0.3 is 0 Å². The van der Waals surface area contributed by atoms with Crippen LogP contribution in [0.4, 0.5) is 0 Å². The molecule has 0 unspecified atom stereocenters. The van der Waals surface area contributed by atoms with Gasteiger partial charge in [0, 0.05) is 4.11 Å². The van der Waals surface area contributed by atoms with E-state index in [4.69, 9.17) is 4.11 Å². The fraction of sp³-hybridized carbons (Fsp3) is 1.00. The van der Waals surface area contributed by atoms with Crippen molar-refractivity contribution < 1.29 is 4.11 Å². The van der Waals surface area contributed by atoms with Crippen LogP contribution in [0.3, 0.4) is 0 Å². The molecule has 0 aromatic rings. The van der Waals surface area contributed by atoms with Gasteiger partial charge in [-0.3, -0.25) is 0 Å². The van der Waals surface area contributed by atoms with Gasteiger partial charge in [0.2, 0.25) is 0 Å². The molecule has 0 radical (unpaired) electrons. The summed E-state index contributed by atoms with van der Waals surface area (Å²) in [4.78, 5) is 0. The molecule has 0 heteroatoms. The summed E-state index contributed by atoms with van der Waals surface area (Å²) in [7, 11) is 0. The third-order valence-corrected chi connectivity index (χ3v) is 9.58. The highest BCUT2D eigenvalue weighted by Crippen LogP contribution is 2.53. The lowest BCUT2D eigenvalue weighted by Gasteiger charge is -2.47. The second kappa shape index (κ2) is 18.5. The van der Waals surface area contributed by atoms with Gasteiger partial charge in [0.15, 0.2) is 0 Å². The zero-order valence-electron chi connectivity index (χ0n) is 33.0. The first-order chi connectivity index (χ1) is 18.8. The average molecular weight is 552 g/mol. The molecule has 236 valence electrons. The maximum Gasteiger partial charge on any atom is 0.0294 e. The van der Waals surface area contributed by atoms with Crippen molar-refractivity contribution in [1.82, 2.24) is 0 Å². The SMILES string of the molecule is CC(C)(C)C.CC1CCC2(CC1)CCC(C)(C)CC2.CC1CCC2(CCCC2)CC1.[2H]C(C)(C)C.[2H]C([2H])(C)C(C)C. The average Bonchev–Trinajstić information content (AvgIpc) is 3.26. The molecule has 4 aliphatic rings. The lowest BCUT2D eigenvalue weighted by molar-refractivity contribution is 0.0511. The topological polar surface area (TPSA) is 0 Å². The summed E-state index contributed by atoms with van der Waals surface area (Å²) in [5.41, 5.74) is 2.79. The lowest BCUT2D eigenvalue weighted by atomic mass is 9.59. The van der Waals surface area contributed by atoms with Gasteiger partial charge in [-0.2, -0.15) is 0 Å². The quantitative estimate of drug-likeness (QED) is 0.304. The third kappa shape index (κ3) is 20.5. The number of rotatable bonds is 1. The summed E-state index contributed by atoms with van der Waals surface area (Å²) in [6.07, 6.45) is 23.3. The molecule has 0 aliphatic heterocycles. The lowest BCUT2D eigenvalue weighted by Crippen LogP contribution is -2.34. The summed E-state index contributed by atoms with van der Waals surface area (Å²) in [6, 6.07) is 0. The van der Waals surface area contributed by atoms with Gasteiger partial charge in [-0.05, 0) is 110 Å². The zero-order chi connectivity index (χ0) is 33.0. The summed E-state index contributed by atoms with van der Waals surface area (Å²) < 4.78 is 21.0. The van der Waals surface area contributed by atoms with Gasteiger partial charge in [0.25, 0.3) is 0 Å². The van der Waals surface area contributed by atoms with E-state index in [0.717, 1.165) is 22.7 Å². The Morgan fingerprint density at radius 3 is 1.15 bits per heavy atom. The highest BCUT2D eigenvalue weighted by Gasteiger charge is 2.40. The van der Waals surface area contributed by atoms with Gasteiger partial charge in [0.05, 0.1) is 0 Å². The summed E-state index contributed by atoms with van der Waals surface area (Å²) >= 11 is 0. The van der Waals surface area contributed by atoms with Crippen LogP contribution in [0.15, 0.2) is 0 Å². The molecule has 0 bridgehead atoms. The minimum absolute atomic E-state index is 0.132. The highest BCUT2D eigenvalue weighted by atomic mass is 14.4. The molecule has 0 saturated heterocycles. The Kier molecular flexibility index (Phi) is 15.9. The molecule has 4 fully saturated rings. The predicted molar refractivity (Wildman–Crippen MR) is 182 cm³/mol. The van der Waals surface area contributed by atoms with E-state index in [-0.39, 0.29) is 11.8 Å². The number of hydrogen-bond acceptors (Lipinski definition) is 0. The van der Waals surface area contributed by atoms with Gasteiger partial charge in [-0.1, -0.05) is 142 Å². The van der Waals surface area contributed by atoms with Crippen LogP contribution < -0.4 is 0 Å². The second-order valence-electron chi connectivity index (χ2n) is 17.7. The van der Waals surface area contributed by atoms with Crippen molar-refractivity contribution in [1.29, 1.82) is 0 Å². The van der Waals surface area contributed by atoms with E-state index in [1.54, 1.807) is 32.6 Å². The maximum atomic E-state index is 7.05. The molecule has 0 N–H and O–H groups in total. The van der Waals surface area contributed by atoms with Crippen LogP contribution >= 0.6 is 0 Å². The summed E-state index contributed by atoms with van der Waals surface area (Å²) in [5, 5.41) is 0. The Morgan fingerprint density at radius 1 is 0.641 bits per heavy atom. The van der Waals surface area contributed by atoms with Crippen molar-refractivity contribution in [2.24, 2.45) is 45.3 Å². The Balaban J connectivity index is 0.000000537. The summed E-state index contributed by atoms with van der Waals surface area (Å²) in [5.74, 6) is 1.92. The monoisotopic (exact) mass is 552 g/mol. The molecular formula is C39H80. The second-order valence-corrected chi connectivity index (χ2v) is 17.7. The molecule has 4 saturated carbocycles. The normalized spacial score (nSPS) is 25.8. The van der Waals surface area contributed by atoms with Crippen molar-refractivity contribution in [2.75, 3.05) is 0 Å². The van der Waals surface area contributed by atoms with Gasteiger partial charge in [-0.25, -0.2) is 0 Å². The third-order valence-electron chi connectivity index (χ3n) is 9.58. The van der Waals surface area contributed by atoms with Crippen molar-refractivity contribution in [3.05, 3.63) is 0 Å². The van der Waals surface area contributed by atoms with E-state index in [0.29, 0.717) is 10.8 Å². The van der Waals surface area contributed by atoms with Crippen LogP contribution in [0.5, 0.6) is 0 Å². The van der Waals surface area contributed by atoms with E-state index in [1.807, 2.05) is 34.6 Å². The smallest absolute Gasteiger partial charge is 0.0294 e. The van der Waals surface area contributed by atoms with Crippen LogP contribution in [-0.4, -0.2) is 0 Å². The fourth-order valence-electron chi connectivity index (χ4n) is 6.33. The predicted octanol–water partition coefficient (Wildman–Crippen LogP) is 14.3. The first-order valence-corrected chi connectivity index (χ1v) is 17.3. The van der Waals surface area contributed by atoms with Crippen molar-refractivity contribution in [3.63, 3.8) is 0 Å². The highest BCUT2D eigenvalue weighted by molar-refractivity contribution is 4.91. The standard InChI is InChI=1S/C14H26.C11H20.2C5H12.C4H10/c1-12-4-6-14(7-5-12)10-8-13(2,3)9-11-14;1-10-4-8-11(9-5-10)6-2-3-7-11;1-5(2,3)4;1-4-5(2)3;1-4(2)3/h12H,4-11H2,1-3H3;10H,2-9H2,1H3;1-4H3;5H,4H2,1-3H3;4H,1-3H3/i;;;4D2;4D. The molecule has 39 heavy (non-hydrogen) atoms. The Hall–Kier alpha value is 0. The van der Waals surface area contributed by atoms with E-state index in [2.05, 4.69) is 55.4 Å². The van der Waals surface area contributed by atoms with Crippen molar-refractivity contribution in [2.45, 2.75) is 206 Å². The first kappa shape index (κ1) is 33.5. The fourth-order valence-corrected chi connectivity index (χ4v) is 6.33. The van der Waals surface area contributed by atoms with Crippen LogP contribution in [-0.2, 0) is 0 Å². The Labute approximate surface area is 255 Å². The van der Waals surface area contributed by atoms with Crippen molar-refractivity contribution in [3.8, 4) is 0 Å². The van der Waals surface area contributed by atoms with Crippen LogP contribution in [0, 0.1) is 45.3 Å². The molecular weight excluding hydrogens is 468 g/mol. The molecule has 4 aliphatic carbocycles. The maximum absolute atomic E-state index is 7.05. The zero-order valence-corrected chi connectivity index (χ0v) is 30.0. The van der Waals surface area contributed by atoms with Crippen LogP contribution in [0.1, 0.15) is 210 Å². The van der Waals surface area contributed by atoms with Gasteiger partial charge in [0.1, 0.15) is 0 Å². The Bertz CT molecular complexity index is 641. The summed E-state index contributed by atoms with van der Waals surface area (Å²) in [6.45, 7) is 29.4. The molecule has 0 aromatic carbocycles. The van der Waals surface area contributed by atoms with E-state index in [9.17, 15) is 0 Å². The number of hydrogen-bond donors (Lipinski definition) is 0. The molecule has 0 heterocycles. The largest absolute Gasteiger partial charge is 0.0651 e. The minimum atomic E-state index is -1.00. The van der Waals surface area contributed by atoms with E-state index < -0.39 is 6.37 Å². The van der Waals surface area contributed by atoms with E-state index in [1.165, 1.54) is 77.0 Å². The first-order valence-electron chi connectivity index (χ1n) is 18.8. The molecule has 0 atom stereocenters. The molecule has 2 spiro atoms. The van der Waals surface area contributed by atoms with E-state index >= 15 is 0 Å². The van der Waals surface area contributed by atoms with Crippen LogP contribution in [0.25, 0.3) is 0 Å². The minimum Gasteiger partial charge on any atom is -0.0651 e.